The van der Waals surface area contributed by atoms with Crippen molar-refractivity contribution in [3.05, 3.63) is 64.5 Å². The number of rotatable bonds is 6. The molecule has 1 N–H and O–H groups in total. The van der Waals surface area contributed by atoms with Crippen molar-refractivity contribution in [3.8, 4) is 11.3 Å². The van der Waals surface area contributed by atoms with Crippen LogP contribution in [0.5, 0.6) is 0 Å². The molecule has 0 aliphatic rings. The molecule has 0 radical (unpaired) electrons. The van der Waals surface area contributed by atoms with Gasteiger partial charge in [0.25, 0.3) is 0 Å². The van der Waals surface area contributed by atoms with Crippen LogP contribution >= 0.6 is 34.7 Å². The van der Waals surface area contributed by atoms with Gasteiger partial charge in [0.2, 0.25) is 5.91 Å². The number of carbonyl (C=O) groups is 1. The van der Waals surface area contributed by atoms with Crippen LogP contribution in [0.15, 0.2) is 58.8 Å². The molecule has 3 rings (SSSR count). The summed E-state index contributed by atoms with van der Waals surface area (Å²) in [6.45, 7) is 3.99. The molecular formula is C20H19ClN2OS2. The minimum atomic E-state index is -0.272. The van der Waals surface area contributed by atoms with Gasteiger partial charge >= 0.3 is 0 Å². The van der Waals surface area contributed by atoms with Crippen LogP contribution < -0.4 is 5.32 Å². The number of aryl methyl sites for hydroxylation is 1. The van der Waals surface area contributed by atoms with Crippen molar-refractivity contribution in [2.75, 3.05) is 5.32 Å². The van der Waals surface area contributed by atoms with E-state index in [1.165, 1.54) is 28.7 Å². The fourth-order valence-corrected chi connectivity index (χ4v) is 4.24. The lowest BCUT2D eigenvalue weighted by molar-refractivity contribution is -0.115. The average Bonchev–Trinajstić information content (AvgIpc) is 3.12. The first kappa shape index (κ1) is 19.0. The zero-order valence-corrected chi connectivity index (χ0v) is 16.9. The maximum absolute atomic E-state index is 12.4. The minimum Gasteiger partial charge on any atom is -0.301 e. The maximum atomic E-state index is 12.4. The molecule has 6 heteroatoms. The molecule has 2 aromatic carbocycles. The van der Waals surface area contributed by atoms with Gasteiger partial charge in [0.05, 0.1) is 16.0 Å². The first-order valence-corrected chi connectivity index (χ1v) is 10.5. The van der Waals surface area contributed by atoms with Crippen LogP contribution in [0.2, 0.25) is 5.02 Å². The number of nitrogens with zero attached hydrogens (tertiary/aromatic N) is 1. The monoisotopic (exact) mass is 402 g/mol. The van der Waals surface area contributed by atoms with Crippen molar-refractivity contribution in [1.82, 2.24) is 4.98 Å². The number of thiazole rings is 1. The molecule has 0 fully saturated rings. The molecule has 1 atom stereocenters. The number of aromatic nitrogens is 1. The molecule has 26 heavy (non-hydrogen) atoms. The lowest BCUT2D eigenvalue weighted by Crippen LogP contribution is -2.22. The largest absolute Gasteiger partial charge is 0.301 e. The molecule has 0 aliphatic heterocycles. The Morgan fingerprint density at radius 1 is 1.23 bits per heavy atom. The maximum Gasteiger partial charge on any atom is 0.239 e. The summed E-state index contributed by atoms with van der Waals surface area (Å²) >= 11 is 9.03. The van der Waals surface area contributed by atoms with E-state index in [1.807, 2.05) is 36.6 Å². The van der Waals surface area contributed by atoms with Crippen molar-refractivity contribution < 1.29 is 4.79 Å². The van der Waals surface area contributed by atoms with Crippen LogP contribution in [0.3, 0.4) is 0 Å². The second-order valence-electron chi connectivity index (χ2n) is 5.77. The fourth-order valence-electron chi connectivity index (χ4n) is 2.37. The zero-order valence-electron chi connectivity index (χ0n) is 14.5. The summed E-state index contributed by atoms with van der Waals surface area (Å²) in [5.74, 6) is -0.0860. The normalized spacial score (nSPS) is 12.0. The number of amides is 1. The van der Waals surface area contributed by atoms with Gasteiger partial charge in [0.15, 0.2) is 5.13 Å². The van der Waals surface area contributed by atoms with Gasteiger partial charge < -0.3 is 5.32 Å². The van der Waals surface area contributed by atoms with Gasteiger partial charge in [-0.1, -0.05) is 54.9 Å². The second kappa shape index (κ2) is 8.71. The Hall–Kier alpha value is -1.82. The predicted molar refractivity (Wildman–Crippen MR) is 112 cm³/mol. The molecule has 0 spiro atoms. The smallest absolute Gasteiger partial charge is 0.239 e. The summed E-state index contributed by atoms with van der Waals surface area (Å²) < 4.78 is 0. The molecule has 1 aromatic heterocycles. The summed E-state index contributed by atoms with van der Waals surface area (Å²) in [5.41, 5.74) is 3.22. The van der Waals surface area contributed by atoms with E-state index < -0.39 is 0 Å². The molecule has 3 nitrogen and oxygen atoms in total. The van der Waals surface area contributed by atoms with Gasteiger partial charge in [-0.15, -0.1) is 23.1 Å². The molecule has 3 aromatic rings. The van der Waals surface area contributed by atoms with E-state index in [9.17, 15) is 4.79 Å². The van der Waals surface area contributed by atoms with Gasteiger partial charge in [-0.2, -0.15) is 0 Å². The Morgan fingerprint density at radius 3 is 2.65 bits per heavy atom. The Labute approximate surface area is 166 Å². The third kappa shape index (κ3) is 4.67. The molecule has 0 bridgehead atoms. The van der Waals surface area contributed by atoms with E-state index >= 15 is 0 Å². The molecular weight excluding hydrogens is 384 g/mol. The summed E-state index contributed by atoms with van der Waals surface area (Å²) in [4.78, 5) is 17.9. The molecule has 1 heterocycles. The third-order valence-electron chi connectivity index (χ3n) is 3.90. The SMILES string of the molecule is CCc1ccc(-c2csc(NC(=O)[C@@H](C)Sc3ccccc3Cl)n2)cc1. The highest BCUT2D eigenvalue weighted by Gasteiger charge is 2.17. The number of benzene rings is 2. The van der Waals surface area contributed by atoms with Crippen LogP contribution in [-0.4, -0.2) is 16.1 Å². The van der Waals surface area contributed by atoms with Crippen molar-refractivity contribution in [3.63, 3.8) is 0 Å². The Bertz CT molecular complexity index is 893. The van der Waals surface area contributed by atoms with E-state index in [0.717, 1.165) is 22.6 Å². The number of hydrogen-bond acceptors (Lipinski definition) is 4. The first-order valence-electron chi connectivity index (χ1n) is 8.33. The van der Waals surface area contributed by atoms with Gasteiger partial charge in [0.1, 0.15) is 0 Å². The molecule has 0 saturated carbocycles. The molecule has 0 unspecified atom stereocenters. The van der Waals surface area contributed by atoms with Gasteiger partial charge in [-0.05, 0) is 31.0 Å². The summed E-state index contributed by atoms with van der Waals surface area (Å²) in [5, 5.41) is 5.85. The van der Waals surface area contributed by atoms with Crippen LogP contribution in [0.4, 0.5) is 5.13 Å². The van der Waals surface area contributed by atoms with Crippen LogP contribution in [0.1, 0.15) is 19.4 Å². The van der Waals surface area contributed by atoms with E-state index in [1.54, 1.807) is 0 Å². The average molecular weight is 403 g/mol. The van der Waals surface area contributed by atoms with Crippen molar-refractivity contribution in [1.29, 1.82) is 0 Å². The minimum absolute atomic E-state index is 0.0860. The number of nitrogens with one attached hydrogen (secondary N) is 1. The van der Waals surface area contributed by atoms with Gasteiger partial charge in [-0.25, -0.2) is 4.98 Å². The summed E-state index contributed by atoms with van der Waals surface area (Å²) in [6, 6.07) is 15.9. The predicted octanol–water partition coefficient (Wildman–Crippen LogP) is 6.15. The first-order chi connectivity index (χ1) is 12.6. The number of halogens is 1. The van der Waals surface area contributed by atoms with E-state index in [4.69, 9.17) is 11.6 Å². The van der Waals surface area contributed by atoms with E-state index in [0.29, 0.717) is 10.2 Å². The molecule has 0 aliphatic carbocycles. The third-order valence-corrected chi connectivity index (χ3v) is 6.28. The Balaban J connectivity index is 1.64. The van der Waals surface area contributed by atoms with Crippen LogP contribution in [-0.2, 0) is 11.2 Å². The summed E-state index contributed by atoms with van der Waals surface area (Å²) in [6.07, 6.45) is 1.01. The fraction of sp³-hybridized carbons (Fsp3) is 0.200. The van der Waals surface area contributed by atoms with Gasteiger partial charge in [0, 0.05) is 15.8 Å². The highest BCUT2D eigenvalue weighted by molar-refractivity contribution is 8.00. The van der Waals surface area contributed by atoms with E-state index in [2.05, 4.69) is 41.5 Å². The number of carbonyl (C=O) groups excluding carboxylic acids is 1. The Kier molecular flexibility index (Phi) is 6.35. The zero-order chi connectivity index (χ0) is 18.5. The lowest BCUT2D eigenvalue weighted by Gasteiger charge is -2.11. The molecule has 1 amide bonds. The molecule has 134 valence electrons. The van der Waals surface area contributed by atoms with Crippen LogP contribution in [0, 0.1) is 0 Å². The highest BCUT2D eigenvalue weighted by Crippen LogP contribution is 2.31. The van der Waals surface area contributed by atoms with Crippen molar-refractivity contribution >= 4 is 45.7 Å². The highest BCUT2D eigenvalue weighted by atomic mass is 35.5. The van der Waals surface area contributed by atoms with Crippen LogP contribution in [0.25, 0.3) is 11.3 Å². The van der Waals surface area contributed by atoms with Crippen molar-refractivity contribution in [2.45, 2.75) is 30.4 Å². The lowest BCUT2D eigenvalue weighted by atomic mass is 10.1. The Morgan fingerprint density at radius 2 is 1.96 bits per heavy atom. The van der Waals surface area contributed by atoms with Gasteiger partial charge in [-0.3, -0.25) is 4.79 Å². The summed E-state index contributed by atoms with van der Waals surface area (Å²) in [7, 11) is 0. The number of anilines is 1. The standard InChI is InChI=1S/C20H19ClN2OS2/c1-3-14-8-10-15(11-9-14)17-12-25-20(22-17)23-19(24)13(2)26-18-7-5-4-6-16(18)21/h4-13H,3H2,1-2H3,(H,22,23,24)/t13-/m1/s1. The van der Waals surface area contributed by atoms with E-state index in [-0.39, 0.29) is 11.2 Å². The number of thioether (sulfide) groups is 1. The quantitative estimate of drug-likeness (QED) is 0.503. The van der Waals surface area contributed by atoms with Crippen molar-refractivity contribution in [2.24, 2.45) is 0 Å². The topological polar surface area (TPSA) is 42.0 Å². The number of hydrogen-bond donors (Lipinski definition) is 1. The molecule has 0 saturated heterocycles. The second-order valence-corrected chi connectivity index (χ2v) is 8.42.